The molecule has 0 atom stereocenters. The van der Waals surface area contributed by atoms with Crippen LogP contribution in [-0.2, 0) is 0 Å². The molecule has 0 saturated carbocycles. The number of aromatic amines is 1. The van der Waals surface area contributed by atoms with Crippen molar-refractivity contribution in [3.8, 4) is 5.69 Å². The summed E-state index contributed by atoms with van der Waals surface area (Å²) in [6.45, 7) is 9.09. The number of hydrogen-bond acceptors (Lipinski definition) is 6. The van der Waals surface area contributed by atoms with E-state index in [1.54, 1.807) is 18.5 Å². The zero-order valence-electron chi connectivity index (χ0n) is 16.0. The van der Waals surface area contributed by atoms with Crippen molar-refractivity contribution in [3.05, 3.63) is 51.8 Å². The number of aryl methyl sites for hydroxylation is 3. The van der Waals surface area contributed by atoms with E-state index in [2.05, 4.69) is 20.5 Å². The van der Waals surface area contributed by atoms with Crippen LogP contribution in [0.4, 0.5) is 0 Å². The van der Waals surface area contributed by atoms with E-state index in [9.17, 15) is 9.59 Å². The number of nitrogens with one attached hydrogen (secondary N) is 1. The summed E-state index contributed by atoms with van der Waals surface area (Å²) in [6, 6.07) is 6.05. The SMILES string of the molecule is CC(=O)c1c(C)[nH]c(C(=O)CSc2nnnn2-c2cc(C)ccc2C)c1C. The van der Waals surface area contributed by atoms with Gasteiger partial charge in [0.05, 0.1) is 17.1 Å². The number of aromatic nitrogens is 5. The van der Waals surface area contributed by atoms with E-state index in [0.717, 1.165) is 16.8 Å². The van der Waals surface area contributed by atoms with E-state index >= 15 is 0 Å². The predicted octanol–water partition coefficient (Wildman–Crippen LogP) is 3.40. The maximum Gasteiger partial charge on any atom is 0.214 e. The second-order valence-corrected chi connectivity index (χ2v) is 7.50. The van der Waals surface area contributed by atoms with Crippen LogP contribution in [0.25, 0.3) is 5.69 Å². The van der Waals surface area contributed by atoms with Crippen LogP contribution in [0, 0.1) is 27.7 Å². The van der Waals surface area contributed by atoms with Gasteiger partial charge in [-0.2, -0.15) is 4.68 Å². The van der Waals surface area contributed by atoms with Gasteiger partial charge in [-0.25, -0.2) is 0 Å². The second kappa shape index (κ2) is 7.48. The fourth-order valence-corrected chi connectivity index (χ4v) is 3.88. The van der Waals surface area contributed by atoms with Crippen LogP contribution in [0.2, 0.25) is 0 Å². The summed E-state index contributed by atoms with van der Waals surface area (Å²) in [7, 11) is 0. The number of tetrazole rings is 1. The Morgan fingerprint density at radius 3 is 2.59 bits per heavy atom. The monoisotopic (exact) mass is 383 g/mol. The summed E-state index contributed by atoms with van der Waals surface area (Å²) in [4.78, 5) is 27.5. The lowest BCUT2D eigenvalue weighted by molar-refractivity contribution is 0.101. The minimum absolute atomic E-state index is 0.0492. The minimum Gasteiger partial charge on any atom is -0.355 e. The van der Waals surface area contributed by atoms with Crippen molar-refractivity contribution in [1.82, 2.24) is 25.2 Å². The van der Waals surface area contributed by atoms with Gasteiger partial charge in [-0.05, 0) is 67.8 Å². The molecule has 0 bridgehead atoms. The Morgan fingerprint density at radius 1 is 1.19 bits per heavy atom. The van der Waals surface area contributed by atoms with Gasteiger partial charge in [-0.3, -0.25) is 9.59 Å². The van der Waals surface area contributed by atoms with Crippen LogP contribution in [-0.4, -0.2) is 42.5 Å². The lowest BCUT2D eigenvalue weighted by Gasteiger charge is -2.08. The summed E-state index contributed by atoms with van der Waals surface area (Å²) < 4.78 is 1.65. The molecule has 0 amide bonds. The van der Waals surface area contributed by atoms with Crippen molar-refractivity contribution in [2.45, 2.75) is 39.8 Å². The van der Waals surface area contributed by atoms with E-state index in [4.69, 9.17) is 0 Å². The number of carbonyl (C=O) groups excluding carboxylic acids is 2. The fourth-order valence-electron chi connectivity index (χ4n) is 3.13. The highest BCUT2D eigenvalue weighted by atomic mass is 32.2. The number of benzene rings is 1. The lowest BCUT2D eigenvalue weighted by Crippen LogP contribution is -2.08. The van der Waals surface area contributed by atoms with Crippen LogP contribution in [0.1, 0.15) is 50.2 Å². The predicted molar refractivity (Wildman–Crippen MR) is 104 cm³/mol. The van der Waals surface area contributed by atoms with Crippen molar-refractivity contribution in [2.24, 2.45) is 0 Å². The molecule has 0 radical (unpaired) electrons. The molecule has 0 aliphatic heterocycles. The smallest absolute Gasteiger partial charge is 0.214 e. The Balaban J connectivity index is 1.82. The first-order chi connectivity index (χ1) is 12.8. The lowest BCUT2D eigenvalue weighted by atomic mass is 10.1. The summed E-state index contributed by atoms with van der Waals surface area (Å²) in [5.74, 6) is 0.0269. The number of nitrogens with zero attached hydrogens (tertiary/aromatic N) is 4. The highest BCUT2D eigenvalue weighted by Gasteiger charge is 2.21. The van der Waals surface area contributed by atoms with E-state index in [0.29, 0.717) is 27.7 Å². The normalized spacial score (nSPS) is 11.0. The van der Waals surface area contributed by atoms with Crippen LogP contribution in [0.15, 0.2) is 23.4 Å². The van der Waals surface area contributed by atoms with Crippen molar-refractivity contribution < 1.29 is 9.59 Å². The zero-order chi connectivity index (χ0) is 19.7. The molecule has 140 valence electrons. The summed E-state index contributed by atoms with van der Waals surface area (Å²) in [6.07, 6.45) is 0. The number of ketones is 2. The topological polar surface area (TPSA) is 93.5 Å². The highest BCUT2D eigenvalue weighted by Crippen LogP contribution is 2.24. The Labute approximate surface area is 161 Å². The Bertz CT molecular complexity index is 1030. The standard InChI is InChI=1S/C19H21N5O2S/c1-10-6-7-11(2)15(8-10)24-19(21-22-23-24)27-9-16(26)18-12(3)17(14(5)25)13(4)20-18/h6-8,20H,9H2,1-5H3. The molecular weight excluding hydrogens is 362 g/mol. The van der Waals surface area contributed by atoms with Crippen LogP contribution < -0.4 is 0 Å². The third-order valence-electron chi connectivity index (χ3n) is 4.43. The first-order valence-electron chi connectivity index (χ1n) is 8.51. The molecule has 3 aromatic rings. The summed E-state index contributed by atoms with van der Waals surface area (Å²) in [5.41, 5.74) is 5.50. The van der Waals surface area contributed by atoms with Crippen LogP contribution in [0.3, 0.4) is 0 Å². The second-order valence-electron chi connectivity index (χ2n) is 6.56. The van der Waals surface area contributed by atoms with Gasteiger partial charge in [0.15, 0.2) is 11.6 Å². The Kier molecular flexibility index (Phi) is 5.27. The highest BCUT2D eigenvalue weighted by molar-refractivity contribution is 7.99. The average Bonchev–Trinajstić information content (AvgIpc) is 3.18. The molecule has 0 unspecified atom stereocenters. The van der Waals surface area contributed by atoms with Gasteiger partial charge in [-0.15, -0.1) is 5.10 Å². The van der Waals surface area contributed by atoms with Crippen LogP contribution in [0.5, 0.6) is 0 Å². The van der Waals surface area contributed by atoms with E-state index in [1.807, 2.05) is 32.0 Å². The van der Waals surface area contributed by atoms with Crippen molar-refractivity contribution in [3.63, 3.8) is 0 Å². The first kappa shape index (κ1) is 19.0. The van der Waals surface area contributed by atoms with Gasteiger partial charge < -0.3 is 4.98 Å². The molecule has 8 heteroatoms. The minimum atomic E-state index is -0.0939. The summed E-state index contributed by atoms with van der Waals surface area (Å²) in [5, 5.41) is 12.4. The number of Topliss-reactive ketones (excluding diaryl/α,β-unsaturated/α-hetero) is 2. The molecule has 2 aromatic heterocycles. The number of hydrogen-bond donors (Lipinski definition) is 1. The van der Waals surface area contributed by atoms with Gasteiger partial charge in [-0.1, -0.05) is 23.9 Å². The molecule has 1 N–H and O–H groups in total. The Hall–Kier alpha value is -2.74. The molecule has 1 aromatic carbocycles. The van der Waals surface area contributed by atoms with Crippen molar-refractivity contribution >= 4 is 23.3 Å². The summed E-state index contributed by atoms with van der Waals surface area (Å²) >= 11 is 1.27. The molecule has 0 fully saturated rings. The van der Waals surface area contributed by atoms with Crippen molar-refractivity contribution in [1.29, 1.82) is 0 Å². The molecular formula is C19H21N5O2S. The maximum absolute atomic E-state index is 12.7. The average molecular weight is 383 g/mol. The number of carbonyl (C=O) groups is 2. The fraction of sp³-hybridized carbons (Fsp3) is 0.316. The zero-order valence-corrected chi connectivity index (χ0v) is 16.8. The van der Waals surface area contributed by atoms with Gasteiger partial charge >= 0.3 is 0 Å². The molecule has 0 spiro atoms. The third kappa shape index (κ3) is 3.71. The van der Waals surface area contributed by atoms with Gasteiger partial charge in [0, 0.05) is 11.3 Å². The van der Waals surface area contributed by atoms with Gasteiger partial charge in [0.1, 0.15) is 0 Å². The molecule has 7 nitrogen and oxygen atoms in total. The number of rotatable bonds is 6. The third-order valence-corrected chi connectivity index (χ3v) is 5.35. The molecule has 0 aliphatic carbocycles. The van der Waals surface area contributed by atoms with Gasteiger partial charge in [0.2, 0.25) is 5.16 Å². The van der Waals surface area contributed by atoms with E-state index < -0.39 is 0 Å². The quantitative estimate of drug-likeness (QED) is 0.518. The molecule has 27 heavy (non-hydrogen) atoms. The van der Waals surface area contributed by atoms with E-state index in [1.165, 1.54) is 18.7 Å². The number of H-pyrrole nitrogens is 1. The molecule has 0 aliphatic rings. The Morgan fingerprint density at radius 2 is 1.93 bits per heavy atom. The molecule has 0 saturated heterocycles. The largest absolute Gasteiger partial charge is 0.355 e. The van der Waals surface area contributed by atoms with Crippen molar-refractivity contribution in [2.75, 3.05) is 5.75 Å². The first-order valence-corrected chi connectivity index (χ1v) is 9.50. The van der Waals surface area contributed by atoms with Gasteiger partial charge in [0.25, 0.3) is 0 Å². The molecule has 2 heterocycles. The number of thioether (sulfide) groups is 1. The maximum atomic E-state index is 12.7. The van der Waals surface area contributed by atoms with Crippen LogP contribution >= 0.6 is 11.8 Å². The molecule has 3 rings (SSSR count). The van der Waals surface area contributed by atoms with E-state index in [-0.39, 0.29) is 17.3 Å².